The van der Waals surface area contributed by atoms with Crippen molar-refractivity contribution in [3.05, 3.63) is 59.0 Å². The summed E-state index contributed by atoms with van der Waals surface area (Å²) in [6.45, 7) is 5.72. The van der Waals surface area contributed by atoms with Gasteiger partial charge in [-0.25, -0.2) is 4.79 Å². The number of piperazine rings is 1. The van der Waals surface area contributed by atoms with Crippen LogP contribution in [0.1, 0.15) is 0 Å². The first-order valence-corrected chi connectivity index (χ1v) is 8.65. The maximum absolute atomic E-state index is 11.3. The highest BCUT2D eigenvalue weighted by Crippen LogP contribution is 2.17. The second-order valence-electron chi connectivity index (χ2n) is 6.30. The van der Waals surface area contributed by atoms with E-state index in [9.17, 15) is 4.79 Å². The highest BCUT2D eigenvalue weighted by atomic mass is 16.5. The number of rotatable bonds is 5. The number of nitrogens with one attached hydrogen (secondary N) is 2. The maximum Gasteiger partial charge on any atom is 0.323 e. The van der Waals surface area contributed by atoms with Crippen LogP contribution in [-0.2, 0) is 0 Å². The number of aromatic nitrogens is 2. The van der Waals surface area contributed by atoms with Crippen molar-refractivity contribution in [2.45, 2.75) is 0 Å². The van der Waals surface area contributed by atoms with Crippen molar-refractivity contribution < 1.29 is 4.74 Å². The molecule has 2 N–H and O–H groups in total. The molecule has 4 rings (SSSR count). The van der Waals surface area contributed by atoms with E-state index in [0.717, 1.165) is 49.5 Å². The zero-order chi connectivity index (χ0) is 17.1. The summed E-state index contributed by atoms with van der Waals surface area (Å²) < 4.78 is 5.85. The SMILES string of the molecule is O=c1[nH]c2ccc(OCCN3CCN(c4ccccc4)CC3)cc2[nH]1. The number of benzene rings is 2. The molecule has 1 aliphatic rings. The predicted octanol–water partition coefficient (Wildman–Crippen LogP) is 2.06. The average Bonchev–Trinajstić information content (AvgIpc) is 3.02. The van der Waals surface area contributed by atoms with Crippen molar-refractivity contribution in [2.75, 3.05) is 44.2 Å². The third kappa shape index (κ3) is 3.69. The number of hydrogen-bond acceptors (Lipinski definition) is 4. The maximum atomic E-state index is 11.3. The highest BCUT2D eigenvalue weighted by molar-refractivity contribution is 5.75. The van der Waals surface area contributed by atoms with Gasteiger partial charge >= 0.3 is 5.69 Å². The molecule has 2 heterocycles. The summed E-state index contributed by atoms with van der Waals surface area (Å²) in [5, 5.41) is 0. The summed E-state index contributed by atoms with van der Waals surface area (Å²) >= 11 is 0. The summed E-state index contributed by atoms with van der Waals surface area (Å²) in [6, 6.07) is 16.2. The highest BCUT2D eigenvalue weighted by Gasteiger charge is 2.16. The largest absolute Gasteiger partial charge is 0.492 e. The first-order valence-electron chi connectivity index (χ1n) is 8.65. The third-order valence-corrected chi connectivity index (χ3v) is 4.66. The lowest BCUT2D eigenvalue weighted by molar-refractivity contribution is 0.200. The van der Waals surface area contributed by atoms with E-state index in [2.05, 4.69) is 50.1 Å². The third-order valence-electron chi connectivity index (χ3n) is 4.66. The Morgan fingerprint density at radius 3 is 2.48 bits per heavy atom. The number of ether oxygens (including phenoxy) is 1. The molecular formula is C19H22N4O2. The fourth-order valence-corrected chi connectivity index (χ4v) is 3.26. The minimum Gasteiger partial charge on any atom is -0.492 e. The van der Waals surface area contributed by atoms with E-state index in [1.807, 2.05) is 18.2 Å². The van der Waals surface area contributed by atoms with Crippen molar-refractivity contribution in [3.63, 3.8) is 0 Å². The molecule has 130 valence electrons. The smallest absolute Gasteiger partial charge is 0.323 e. The van der Waals surface area contributed by atoms with Gasteiger partial charge in [0.1, 0.15) is 12.4 Å². The van der Waals surface area contributed by atoms with Gasteiger partial charge in [0.15, 0.2) is 0 Å². The molecule has 3 aromatic rings. The van der Waals surface area contributed by atoms with Gasteiger partial charge in [-0.3, -0.25) is 4.90 Å². The Kier molecular flexibility index (Phi) is 4.43. The number of nitrogens with zero attached hydrogens (tertiary/aromatic N) is 2. The molecule has 6 nitrogen and oxygen atoms in total. The van der Waals surface area contributed by atoms with Crippen LogP contribution in [0.2, 0.25) is 0 Å². The van der Waals surface area contributed by atoms with Crippen LogP contribution in [0.15, 0.2) is 53.3 Å². The Balaban J connectivity index is 1.26. The number of hydrogen-bond donors (Lipinski definition) is 2. The van der Waals surface area contributed by atoms with E-state index < -0.39 is 0 Å². The van der Waals surface area contributed by atoms with Gasteiger partial charge in [-0.1, -0.05) is 18.2 Å². The molecule has 1 fully saturated rings. The molecule has 0 radical (unpaired) electrons. The van der Waals surface area contributed by atoms with E-state index in [0.29, 0.717) is 6.61 Å². The fraction of sp³-hybridized carbons (Fsp3) is 0.316. The van der Waals surface area contributed by atoms with Gasteiger partial charge in [0, 0.05) is 44.5 Å². The van der Waals surface area contributed by atoms with Crippen LogP contribution in [0.4, 0.5) is 5.69 Å². The molecule has 0 atom stereocenters. The molecule has 25 heavy (non-hydrogen) atoms. The van der Waals surface area contributed by atoms with E-state index in [-0.39, 0.29) is 5.69 Å². The molecule has 0 aliphatic carbocycles. The monoisotopic (exact) mass is 338 g/mol. The lowest BCUT2D eigenvalue weighted by Gasteiger charge is -2.36. The van der Waals surface area contributed by atoms with Gasteiger partial charge in [-0.05, 0) is 24.3 Å². The van der Waals surface area contributed by atoms with Gasteiger partial charge in [0.2, 0.25) is 0 Å². The van der Waals surface area contributed by atoms with Crippen molar-refractivity contribution in [2.24, 2.45) is 0 Å². The molecule has 0 amide bonds. The Bertz CT molecular complexity index is 879. The van der Waals surface area contributed by atoms with Crippen LogP contribution < -0.4 is 15.3 Å². The first kappa shape index (κ1) is 15.8. The predicted molar refractivity (Wildman–Crippen MR) is 99.5 cm³/mol. The quantitative estimate of drug-likeness (QED) is 0.747. The molecule has 0 spiro atoms. The van der Waals surface area contributed by atoms with Crippen molar-refractivity contribution >= 4 is 16.7 Å². The van der Waals surface area contributed by atoms with Crippen molar-refractivity contribution in [1.82, 2.24) is 14.9 Å². The topological polar surface area (TPSA) is 64.4 Å². The zero-order valence-electron chi connectivity index (χ0n) is 14.1. The normalized spacial score (nSPS) is 15.6. The standard InChI is InChI=1S/C19H22N4O2/c24-19-20-17-7-6-16(14-18(17)21-19)25-13-12-22-8-10-23(11-9-22)15-4-2-1-3-5-15/h1-7,14H,8-13H2,(H2,20,21,24). The minimum absolute atomic E-state index is 0.191. The summed E-state index contributed by atoms with van der Waals surface area (Å²) in [4.78, 5) is 21.6. The van der Waals surface area contributed by atoms with E-state index in [4.69, 9.17) is 4.74 Å². The molecule has 1 saturated heterocycles. The molecule has 1 aromatic heterocycles. The molecule has 0 bridgehead atoms. The number of anilines is 1. The van der Waals surface area contributed by atoms with Crippen LogP contribution in [-0.4, -0.2) is 54.2 Å². The van der Waals surface area contributed by atoms with Crippen LogP contribution in [0.25, 0.3) is 11.0 Å². The van der Waals surface area contributed by atoms with Gasteiger partial charge in [0.25, 0.3) is 0 Å². The lowest BCUT2D eigenvalue weighted by Crippen LogP contribution is -2.47. The fourth-order valence-electron chi connectivity index (χ4n) is 3.26. The average molecular weight is 338 g/mol. The van der Waals surface area contributed by atoms with Gasteiger partial charge < -0.3 is 19.6 Å². The van der Waals surface area contributed by atoms with Gasteiger partial charge in [0.05, 0.1) is 11.0 Å². The Hall–Kier alpha value is -2.73. The summed E-state index contributed by atoms with van der Waals surface area (Å²) in [7, 11) is 0. The molecule has 6 heteroatoms. The zero-order valence-corrected chi connectivity index (χ0v) is 14.1. The Morgan fingerprint density at radius 1 is 0.920 bits per heavy atom. The number of para-hydroxylation sites is 1. The number of H-pyrrole nitrogens is 2. The van der Waals surface area contributed by atoms with Crippen molar-refractivity contribution in [3.8, 4) is 5.75 Å². The number of aromatic amines is 2. The molecule has 0 saturated carbocycles. The molecular weight excluding hydrogens is 316 g/mol. The minimum atomic E-state index is -0.191. The van der Waals surface area contributed by atoms with E-state index >= 15 is 0 Å². The Morgan fingerprint density at radius 2 is 1.68 bits per heavy atom. The molecule has 1 aliphatic heterocycles. The first-order chi connectivity index (χ1) is 12.3. The van der Waals surface area contributed by atoms with Crippen molar-refractivity contribution in [1.29, 1.82) is 0 Å². The van der Waals surface area contributed by atoms with Crippen LogP contribution in [0.5, 0.6) is 5.75 Å². The summed E-state index contributed by atoms with van der Waals surface area (Å²) in [5.41, 5.74) is 2.68. The van der Waals surface area contributed by atoms with Crippen LogP contribution in [0.3, 0.4) is 0 Å². The van der Waals surface area contributed by atoms with Crippen LogP contribution >= 0.6 is 0 Å². The summed E-state index contributed by atoms with van der Waals surface area (Å²) in [6.07, 6.45) is 0. The van der Waals surface area contributed by atoms with Gasteiger partial charge in [-0.2, -0.15) is 0 Å². The number of imidazole rings is 1. The molecule has 2 aromatic carbocycles. The van der Waals surface area contributed by atoms with E-state index in [1.54, 1.807) is 0 Å². The van der Waals surface area contributed by atoms with Gasteiger partial charge in [-0.15, -0.1) is 0 Å². The Labute approximate surface area is 146 Å². The van der Waals surface area contributed by atoms with Crippen LogP contribution in [0, 0.1) is 0 Å². The summed E-state index contributed by atoms with van der Waals surface area (Å²) in [5.74, 6) is 0.783. The van der Waals surface area contributed by atoms with E-state index in [1.165, 1.54) is 5.69 Å². The number of fused-ring (bicyclic) bond motifs is 1. The lowest BCUT2D eigenvalue weighted by atomic mass is 10.2. The second-order valence-corrected chi connectivity index (χ2v) is 6.30. The molecule has 0 unspecified atom stereocenters. The second kappa shape index (κ2) is 7.03.